The predicted octanol–water partition coefficient (Wildman–Crippen LogP) is 2.56. The lowest BCUT2D eigenvalue weighted by Crippen LogP contribution is -2.41. The Hall–Kier alpha value is -1.94. The first-order valence-electron chi connectivity index (χ1n) is 7.04. The van der Waals surface area contributed by atoms with Crippen LogP contribution in [0.4, 0.5) is 0 Å². The first-order chi connectivity index (χ1) is 10.2. The third kappa shape index (κ3) is 3.22. The lowest BCUT2D eigenvalue weighted by molar-refractivity contribution is 0.0771. The van der Waals surface area contributed by atoms with E-state index >= 15 is 0 Å². The highest BCUT2D eigenvalue weighted by atomic mass is 32.2. The summed E-state index contributed by atoms with van der Waals surface area (Å²) in [6.45, 7) is 1.18. The second kappa shape index (κ2) is 6.22. The lowest BCUT2D eigenvalue weighted by atomic mass is 10.0. The molecule has 0 radical (unpaired) electrons. The zero-order valence-electron chi connectivity index (χ0n) is 11.7. The summed E-state index contributed by atoms with van der Waals surface area (Å²) in [4.78, 5) is 14.2. The van der Waals surface area contributed by atoms with E-state index in [1.807, 2.05) is 42.5 Å². The minimum atomic E-state index is -0.756. The summed E-state index contributed by atoms with van der Waals surface area (Å²) in [5.74, 6) is 1.22. The van der Waals surface area contributed by atoms with Gasteiger partial charge in [0.2, 0.25) is 0 Å². The molecule has 1 aliphatic heterocycles. The van der Waals surface area contributed by atoms with E-state index in [2.05, 4.69) is 12.1 Å². The van der Waals surface area contributed by atoms with Crippen LogP contribution in [0, 0.1) is 0 Å². The molecule has 1 heterocycles. The molecule has 2 aromatic carbocycles. The molecule has 3 nitrogen and oxygen atoms in total. The zero-order chi connectivity index (χ0) is 14.7. The van der Waals surface area contributed by atoms with Gasteiger partial charge in [0.1, 0.15) is 0 Å². The number of nitrogens with zero attached hydrogens (tertiary/aromatic N) is 1. The summed E-state index contributed by atoms with van der Waals surface area (Å²) in [7, 11) is -0.756. The average molecular weight is 299 g/mol. The van der Waals surface area contributed by atoms with Crippen molar-refractivity contribution in [2.24, 2.45) is 0 Å². The summed E-state index contributed by atoms with van der Waals surface area (Å²) in [6.07, 6.45) is 0. The van der Waals surface area contributed by atoms with Crippen molar-refractivity contribution < 1.29 is 9.00 Å². The van der Waals surface area contributed by atoms with Crippen LogP contribution < -0.4 is 0 Å². The number of amides is 1. The molecule has 0 aromatic heterocycles. The molecule has 108 valence electrons. The van der Waals surface area contributed by atoms with Gasteiger partial charge < -0.3 is 4.90 Å². The van der Waals surface area contributed by atoms with Crippen LogP contribution in [-0.2, 0) is 10.8 Å². The smallest absolute Gasteiger partial charge is 0.253 e. The van der Waals surface area contributed by atoms with E-state index in [1.165, 1.54) is 0 Å². The molecule has 0 saturated carbocycles. The molecule has 0 spiro atoms. The van der Waals surface area contributed by atoms with Crippen molar-refractivity contribution in [2.75, 3.05) is 24.6 Å². The largest absolute Gasteiger partial charge is 0.337 e. The number of rotatable bonds is 2. The molecule has 1 saturated heterocycles. The van der Waals surface area contributed by atoms with Crippen molar-refractivity contribution in [3.05, 3.63) is 60.2 Å². The van der Waals surface area contributed by atoms with Crippen LogP contribution in [0.5, 0.6) is 0 Å². The Labute approximate surface area is 127 Å². The Morgan fingerprint density at radius 3 is 2.05 bits per heavy atom. The van der Waals surface area contributed by atoms with Crippen LogP contribution in [0.1, 0.15) is 10.4 Å². The third-order valence-electron chi connectivity index (χ3n) is 3.70. The van der Waals surface area contributed by atoms with Crippen LogP contribution in [0.15, 0.2) is 54.6 Å². The maximum Gasteiger partial charge on any atom is 0.253 e. The van der Waals surface area contributed by atoms with Gasteiger partial charge in [0.15, 0.2) is 0 Å². The Balaban J connectivity index is 1.75. The Morgan fingerprint density at radius 2 is 1.43 bits per heavy atom. The Morgan fingerprint density at radius 1 is 0.857 bits per heavy atom. The molecule has 3 rings (SSSR count). The van der Waals surface area contributed by atoms with Crippen LogP contribution in [0.2, 0.25) is 0 Å². The molecular weight excluding hydrogens is 282 g/mol. The molecule has 0 unspecified atom stereocenters. The third-order valence-corrected chi connectivity index (χ3v) is 4.98. The van der Waals surface area contributed by atoms with Crippen LogP contribution in [0.3, 0.4) is 0 Å². The van der Waals surface area contributed by atoms with Crippen molar-refractivity contribution in [2.45, 2.75) is 0 Å². The fourth-order valence-corrected chi connectivity index (χ4v) is 3.51. The molecule has 1 amide bonds. The van der Waals surface area contributed by atoms with E-state index in [-0.39, 0.29) is 5.91 Å². The zero-order valence-corrected chi connectivity index (χ0v) is 12.5. The molecule has 0 atom stereocenters. The lowest BCUT2D eigenvalue weighted by Gasteiger charge is -2.26. The van der Waals surface area contributed by atoms with Gasteiger partial charge in [0.05, 0.1) is 0 Å². The molecule has 0 aliphatic carbocycles. The first kappa shape index (κ1) is 14.0. The second-order valence-electron chi connectivity index (χ2n) is 5.08. The molecule has 21 heavy (non-hydrogen) atoms. The van der Waals surface area contributed by atoms with Gasteiger partial charge in [0.25, 0.3) is 5.91 Å². The van der Waals surface area contributed by atoms with Crippen molar-refractivity contribution in [3.63, 3.8) is 0 Å². The Kier molecular flexibility index (Phi) is 4.15. The molecule has 0 N–H and O–H groups in total. The minimum Gasteiger partial charge on any atom is -0.337 e. The molecular formula is C17H17NO2S. The van der Waals surface area contributed by atoms with Gasteiger partial charge >= 0.3 is 0 Å². The highest BCUT2D eigenvalue weighted by Gasteiger charge is 2.21. The molecule has 2 aromatic rings. The highest BCUT2D eigenvalue weighted by Crippen LogP contribution is 2.20. The summed E-state index contributed by atoms with van der Waals surface area (Å²) in [5.41, 5.74) is 2.94. The average Bonchev–Trinajstić information content (AvgIpc) is 2.56. The number of carbonyl (C=O) groups excluding carboxylic acids is 1. The van der Waals surface area contributed by atoms with E-state index < -0.39 is 10.8 Å². The quantitative estimate of drug-likeness (QED) is 0.854. The summed E-state index contributed by atoms with van der Waals surface area (Å²) in [5, 5.41) is 0. The maximum absolute atomic E-state index is 12.4. The van der Waals surface area contributed by atoms with Gasteiger partial charge in [-0.05, 0) is 23.3 Å². The van der Waals surface area contributed by atoms with Gasteiger partial charge in [-0.2, -0.15) is 0 Å². The summed E-state index contributed by atoms with van der Waals surface area (Å²) in [6, 6.07) is 17.8. The fourth-order valence-electron chi connectivity index (χ4n) is 2.46. The number of benzene rings is 2. The van der Waals surface area contributed by atoms with Crippen LogP contribution in [-0.4, -0.2) is 39.6 Å². The normalized spacial score (nSPS) is 15.9. The highest BCUT2D eigenvalue weighted by molar-refractivity contribution is 7.85. The molecule has 0 bridgehead atoms. The predicted molar refractivity (Wildman–Crippen MR) is 85.7 cm³/mol. The maximum atomic E-state index is 12.4. The summed E-state index contributed by atoms with van der Waals surface area (Å²) < 4.78 is 11.3. The van der Waals surface area contributed by atoms with Gasteiger partial charge in [-0.15, -0.1) is 0 Å². The number of hydrogen-bond acceptors (Lipinski definition) is 2. The van der Waals surface area contributed by atoms with Gasteiger partial charge in [-0.3, -0.25) is 9.00 Å². The second-order valence-corrected chi connectivity index (χ2v) is 6.78. The van der Waals surface area contributed by atoms with Gasteiger partial charge in [0, 0.05) is 41.0 Å². The van der Waals surface area contributed by atoms with Crippen molar-refractivity contribution in [1.82, 2.24) is 4.90 Å². The SMILES string of the molecule is O=C(c1ccc(-c2ccccc2)cc1)N1CCS(=O)CC1. The minimum absolute atomic E-state index is 0.0336. The Bertz CT molecular complexity index is 642. The number of hydrogen-bond donors (Lipinski definition) is 0. The van der Waals surface area contributed by atoms with Crippen molar-refractivity contribution in [1.29, 1.82) is 0 Å². The monoisotopic (exact) mass is 299 g/mol. The van der Waals surface area contributed by atoms with Crippen molar-refractivity contribution >= 4 is 16.7 Å². The topological polar surface area (TPSA) is 37.4 Å². The van der Waals surface area contributed by atoms with Gasteiger partial charge in [-0.25, -0.2) is 0 Å². The standard InChI is InChI=1S/C17H17NO2S/c19-17(18-10-12-21(20)13-11-18)16-8-6-15(7-9-16)14-4-2-1-3-5-14/h1-9H,10-13H2. The molecule has 1 aliphatic rings. The van der Waals surface area contributed by atoms with E-state index in [1.54, 1.807) is 4.90 Å². The van der Waals surface area contributed by atoms with Crippen LogP contribution in [0.25, 0.3) is 11.1 Å². The van der Waals surface area contributed by atoms with E-state index in [9.17, 15) is 9.00 Å². The molecule has 1 fully saturated rings. The first-order valence-corrected chi connectivity index (χ1v) is 8.52. The molecule has 4 heteroatoms. The van der Waals surface area contributed by atoms with Gasteiger partial charge in [-0.1, -0.05) is 42.5 Å². The van der Waals surface area contributed by atoms with Crippen LogP contribution >= 0.6 is 0 Å². The summed E-state index contributed by atoms with van der Waals surface area (Å²) >= 11 is 0. The fraction of sp³-hybridized carbons (Fsp3) is 0.235. The number of carbonyl (C=O) groups is 1. The van der Waals surface area contributed by atoms with E-state index in [0.29, 0.717) is 30.2 Å². The van der Waals surface area contributed by atoms with E-state index in [4.69, 9.17) is 0 Å². The van der Waals surface area contributed by atoms with E-state index in [0.717, 1.165) is 11.1 Å². The van der Waals surface area contributed by atoms with Crippen molar-refractivity contribution in [3.8, 4) is 11.1 Å².